The molecule has 5 heteroatoms. The van der Waals surface area contributed by atoms with Crippen molar-refractivity contribution < 1.29 is 14.3 Å². The first-order valence-corrected chi connectivity index (χ1v) is 10.4. The van der Waals surface area contributed by atoms with Crippen molar-refractivity contribution in [2.45, 2.75) is 44.2 Å². The van der Waals surface area contributed by atoms with Crippen LogP contribution in [0.3, 0.4) is 0 Å². The number of carbonyl (C=O) groups excluding carboxylic acids is 2. The van der Waals surface area contributed by atoms with E-state index >= 15 is 0 Å². The number of likely N-dealkylation sites (tertiary alicyclic amines) is 1. The maximum atomic E-state index is 13.6. The fraction of sp³-hybridized carbons (Fsp3) is 0.417. The predicted molar refractivity (Wildman–Crippen MR) is 113 cm³/mol. The number of methoxy groups -OCH3 is 1. The number of benzene rings is 2. The Kier molecular flexibility index (Phi) is 5.56. The zero-order chi connectivity index (χ0) is 20.4. The third-order valence-electron chi connectivity index (χ3n) is 6.42. The molecular weight excluding hydrogens is 364 g/mol. The SMILES string of the molecule is COc1ccccc1C(=O)N1C(C(=O)N(C)c2ccccc2)CC2CCCCC21. The summed E-state index contributed by atoms with van der Waals surface area (Å²) in [7, 11) is 3.37. The second kappa shape index (κ2) is 8.27. The van der Waals surface area contributed by atoms with Crippen LogP contribution in [0.25, 0.3) is 0 Å². The molecule has 1 saturated carbocycles. The average molecular weight is 392 g/mol. The Morgan fingerprint density at radius 2 is 1.69 bits per heavy atom. The van der Waals surface area contributed by atoms with Gasteiger partial charge < -0.3 is 14.5 Å². The maximum Gasteiger partial charge on any atom is 0.258 e. The van der Waals surface area contributed by atoms with Crippen molar-refractivity contribution in [3.63, 3.8) is 0 Å². The van der Waals surface area contributed by atoms with E-state index in [-0.39, 0.29) is 17.9 Å². The number of likely N-dealkylation sites (N-methyl/N-ethyl adjacent to an activating group) is 1. The molecule has 0 bridgehead atoms. The minimum absolute atomic E-state index is 0.0196. The van der Waals surface area contributed by atoms with Gasteiger partial charge in [0.2, 0.25) is 5.91 Å². The van der Waals surface area contributed by atoms with Gasteiger partial charge in [0.15, 0.2) is 0 Å². The molecule has 0 radical (unpaired) electrons. The largest absolute Gasteiger partial charge is 0.496 e. The van der Waals surface area contributed by atoms with Crippen LogP contribution < -0.4 is 9.64 Å². The Morgan fingerprint density at radius 1 is 1.00 bits per heavy atom. The first-order valence-electron chi connectivity index (χ1n) is 10.4. The van der Waals surface area contributed by atoms with Crippen molar-refractivity contribution in [3.8, 4) is 5.75 Å². The lowest BCUT2D eigenvalue weighted by atomic mass is 9.84. The van der Waals surface area contributed by atoms with E-state index in [1.54, 1.807) is 31.2 Å². The number of anilines is 1. The Bertz CT molecular complexity index is 883. The monoisotopic (exact) mass is 392 g/mol. The minimum Gasteiger partial charge on any atom is -0.496 e. The van der Waals surface area contributed by atoms with Gasteiger partial charge in [-0.05, 0) is 49.4 Å². The van der Waals surface area contributed by atoms with Crippen LogP contribution in [0.15, 0.2) is 54.6 Å². The smallest absolute Gasteiger partial charge is 0.258 e. The van der Waals surface area contributed by atoms with E-state index in [0.717, 1.165) is 31.4 Å². The summed E-state index contributed by atoms with van der Waals surface area (Å²) in [5.41, 5.74) is 1.37. The first-order chi connectivity index (χ1) is 14.1. The van der Waals surface area contributed by atoms with Crippen LogP contribution in [0, 0.1) is 5.92 Å². The zero-order valence-corrected chi connectivity index (χ0v) is 17.1. The van der Waals surface area contributed by atoms with Crippen LogP contribution in [0.5, 0.6) is 5.75 Å². The van der Waals surface area contributed by atoms with Crippen molar-refractivity contribution in [1.29, 1.82) is 0 Å². The summed E-state index contributed by atoms with van der Waals surface area (Å²) in [6, 6.07) is 16.6. The summed E-state index contributed by atoms with van der Waals surface area (Å²) in [6.45, 7) is 0. The lowest BCUT2D eigenvalue weighted by Gasteiger charge is -2.35. The van der Waals surface area contributed by atoms with Gasteiger partial charge in [-0.25, -0.2) is 0 Å². The molecule has 2 aromatic rings. The summed E-state index contributed by atoms with van der Waals surface area (Å²) in [4.78, 5) is 30.7. The molecule has 29 heavy (non-hydrogen) atoms. The highest BCUT2D eigenvalue weighted by Gasteiger charge is 2.48. The van der Waals surface area contributed by atoms with Crippen LogP contribution >= 0.6 is 0 Å². The number of hydrogen-bond donors (Lipinski definition) is 0. The fourth-order valence-corrected chi connectivity index (χ4v) is 4.94. The van der Waals surface area contributed by atoms with E-state index in [0.29, 0.717) is 17.2 Å². The van der Waals surface area contributed by atoms with Crippen molar-refractivity contribution in [2.24, 2.45) is 5.92 Å². The number of hydrogen-bond acceptors (Lipinski definition) is 3. The van der Waals surface area contributed by atoms with Gasteiger partial charge in [-0.2, -0.15) is 0 Å². The average Bonchev–Trinajstić information content (AvgIpc) is 3.17. The Balaban J connectivity index is 1.68. The molecule has 2 fully saturated rings. The van der Waals surface area contributed by atoms with E-state index < -0.39 is 6.04 Å². The summed E-state index contributed by atoms with van der Waals surface area (Å²) in [5, 5.41) is 0. The molecule has 152 valence electrons. The summed E-state index contributed by atoms with van der Waals surface area (Å²) in [5.74, 6) is 0.824. The third-order valence-corrected chi connectivity index (χ3v) is 6.42. The molecule has 0 aromatic heterocycles. The van der Waals surface area contributed by atoms with Crippen LogP contribution in [0.1, 0.15) is 42.5 Å². The molecule has 4 rings (SSSR count). The summed E-state index contributed by atoms with van der Waals surface area (Å²) < 4.78 is 5.43. The lowest BCUT2D eigenvalue weighted by molar-refractivity contribution is -0.122. The van der Waals surface area contributed by atoms with Gasteiger partial charge in [0.1, 0.15) is 11.8 Å². The molecule has 0 spiro atoms. The van der Waals surface area contributed by atoms with Gasteiger partial charge in [0, 0.05) is 18.8 Å². The third kappa shape index (κ3) is 3.61. The van der Waals surface area contributed by atoms with E-state index in [2.05, 4.69) is 0 Å². The molecule has 3 unspecified atom stereocenters. The topological polar surface area (TPSA) is 49.9 Å². The van der Waals surface area contributed by atoms with Gasteiger partial charge in [-0.3, -0.25) is 9.59 Å². The first kappa shape index (κ1) is 19.5. The molecular formula is C24H28N2O3. The van der Waals surface area contributed by atoms with Crippen molar-refractivity contribution in [1.82, 2.24) is 4.90 Å². The second-order valence-electron chi connectivity index (χ2n) is 8.01. The molecule has 1 saturated heterocycles. The fourth-order valence-electron chi connectivity index (χ4n) is 4.94. The number of nitrogens with zero attached hydrogens (tertiary/aromatic N) is 2. The quantitative estimate of drug-likeness (QED) is 0.786. The molecule has 0 N–H and O–H groups in total. The van der Waals surface area contributed by atoms with Crippen molar-refractivity contribution in [2.75, 3.05) is 19.1 Å². The number of amides is 2. The molecule has 2 aromatic carbocycles. The number of rotatable bonds is 4. The van der Waals surface area contributed by atoms with Crippen LogP contribution in [-0.2, 0) is 4.79 Å². The molecule has 2 aliphatic rings. The van der Waals surface area contributed by atoms with Gasteiger partial charge in [-0.1, -0.05) is 43.2 Å². The lowest BCUT2D eigenvalue weighted by Crippen LogP contribution is -2.50. The normalized spacial score (nSPS) is 23.4. The number of para-hydroxylation sites is 2. The minimum atomic E-state index is -0.439. The molecule has 2 amide bonds. The standard InChI is InChI=1S/C24H28N2O3/c1-25(18-11-4-3-5-12-18)24(28)21-16-17-10-6-8-14-20(17)26(21)23(27)19-13-7-9-15-22(19)29-2/h3-5,7,9,11-13,15,17,20-21H,6,8,10,14,16H2,1-2H3. The highest BCUT2D eigenvalue weighted by atomic mass is 16.5. The summed E-state index contributed by atoms with van der Waals surface area (Å²) in [6.07, 6.45) is 5.06. The molecule has 1 heterocycles. The predicted octanol–water partition coefficient (Wildman–Crippen LogP) is 4.13. The van der Waals surface area contributed by atoms with Gasteiger partial charge in [-0.15, -0.1) is 0 Å². The van der Waals surface area contributed by atoms with E-state index in [1.807, 2.05) is 47.4 Å². The number of carbonyl (C=O) groups is 2. The Hall–Kier alpha value is -2.82. The van der Waals surface area contributed by atoms with E-state index in [1.165, 1.54) is 6.42 Å². The Labute approximate surface area is 172 Å². The van der Waals surface area contributed by atoms with E-state index in [9.17, 15) is 9.59 Å². The van der Waals surface area contributed by atoms with Crippen molar-refractivity contribution in [3.05, 3.63) is 60.2 Å². The highest BCUT2D eigenvalue weighted by molar-refractivity contribution is 6.03. The molecule has 1 aliphatic carbocycles. The maximum absolute atomic E-state index is 13.6. The van der Waals surface area contributed by atoms with Crippen molar-refractivity contribution >= 4 is 17.5 Å². The molecule has 1 aliphatic heterocycles. The zero-order valence-electron chi connectivity index (χ0n) is 17.1. The second-order valence-corrected chi connectivity index (χ2v) is 8.01. The van der Waals surface area contributed by atoms with Gasteiger partial charge in [0.25, 0.3) is 5.91 Å². The number of fused-ring (bicyclic) bond motifs is 1. The van der Waals surface area contributed by atoms with Crippen LogP contribution in [-0.4, -0.2) is 43.0 Å². The molecule has 5 nitrogen and oxygen atoms in total. The van der Waals surface area contributed by atoms with Gasteiger partial charge >= 0.3 is 0 Å². The van der Waals surface area contributed by atoms with Gasteiger partial charge in [0.05, 0.1) is 12.7 Å². The van der Waals surface area contributed by atoms with Crippen LogP contribution in [0.4, 0.5) is 5.69 Å². The number of ether oxygens (including phenoxy) is 1. The highest BCUT2D eigenvalue weighted by Crippen LogP contribution is 2.41. The van der Waals surface area contributed by atoms with E-state index in [4.69, 9.17) is 4.74 Å². The summed E-state index contributed by atoms with van der Waals surface area (Å²) >= 11 is 0. The Morgan fingerprint density at radius 3 is 2.45 bits per heavy atom. The van der Waals surface area contributed by atoms with Crippen LogP contribution in [0.2, 0.25) is 0 Å². The molecule has 3 atom stereocenters.